The van der Waals surface area contributed by atoms with Crippen LogP contribution in [0, 0.1) is 15.7 Å². The van der Waals surface area contributed by atoms with Crippen LogP contribution in [0.2, 0.25) is 0 Å². The van der Waals surface area contributed by atoms with Crippen molar-refractivity contribution >= 4 is 0 Å². The zero-order valence-corrected chi connectivity index (χ0v) is 8.06. The van der Waals surface area contributed by atoms with Crippen molar-refractivity contribution in [1.82, 2.24) is 0 Å². The molecule has 0 aliphatic rings. The molecule has 0 atom stereocenters. The maximum Gasteiger partial charge on any atom is 0.0838 e. The van der Waals surface area contributed by atoms with Gasteiger partial charge in [-0.2, -0.15) is 0 Å². The molecule has 0 saturated carbocycles. The summed E-state index contributed by atoms with van der Waals surface area (Å²) in [6, 6.07) is 0. The highest BCUT2D eigenvalue weighted by Gasteiger charge is 2.36. The van der Waals surface area contributed by atoms with E-state index in [-0.39, 0.29) is 10.8 Å². The fraction of sp³-hybridized carbons (Fsp3) is 0.778. The van der Waals surface area contributed by atoms with Crippen LogP contribution in [0.25, 0.3) is 0 Å². The Bertz CT molecular complexity index is 174. The highest BCUT2D eigenvalue weighted by Crippen LogP contribution is 2.43. The Hall–Kier alpha value is -0.660. The summed E-state index contributed by atoms with van der Waals surface area (Å²) in [7, 11) is 0. The van der Waals surface area contributed by atoms with Crippen molar-refractivity contribution in [2.45, 2.75) is 34.6 Å². The molecule has 0 saturated heterocycles. The lowest BCUT2D eigenvalue weighted by atomic mass is 9.68. The summed E-state index contributed by atoms with van der Waals surface area (Å²) in [6.07, 6.45) is 0. The molecular weight excluding hydrogens is 138 g/mol. The molecule has 0 N–H and O–H groups in total. The van der Waals surface area contributed by atoms with Crippen LogP contribution in [0.4, 0.5) is 0 Å². The third kappa shape index (κ3) is 1.88. The quantitative estimate of drug-likeness (QED) is 0.562. The number of allylic oxidation sites excluding steroid dienone is 1. The van der Waals surface area contributed by atoms with E-state index in [1.807, 2.05) is 13.8 Å². The minimum Gasteiger partial charge on any atom is -0.145 e. The molecule has 0 fully saturated rings. The van der Waals surface area contributed by atoms with E-state index in [9.17, 15) is 4.91 Å². The van der Waals surface area contributed by atoms with Crippen LogP contribution in [0.5, 0.6) is 0 Å². The van der Waals surface area contributed by atoms with Crippen molar-refractivity contribution in [1.29, 1.82) is 0 Å². The maximum absolute atomic E-state index is 10.2. The maximum atomic E-state index is 10.2. The molecule has 0 aliphatic carbocycles. The Morgan fingerprint density at radius 3 is 1.64 bits per heavy atom. The minimum absolute atomic E-state index is 0.0258. The van der Waals surface area contributed by atoms with E-state index in [0.717, 1.165) is 0 Å². The van der Waals surface area contributed by atoms with Gasteiger partial charge in [-0.1, -0.05) is 41.2 Å². The number of nitroso groups, excluding NO2 is 1. The average molecular weight is 155 g/mol. The second kappa shape index (κ2) is 2.76. The molecular formula is C9H17NO. The van der Waals surface area contributed by atoms with Gasteiger partial charge in [0.1, 0.15) is 0 Å². The summed E-state index contributed by atoms with van der Waals surface area (Å²) in [4.78, 5) is 10.2. The lowest BCUT2D eigenvalue weighted by Gasteiger charge is -2.37. The van der Waals surface area contributed by atoms with Crippen LogP contribution in [-0.4, -0.2) is 0 Å². The monoisotopic (exact) mass is 155 g/mol. The van der Waals surface area contributed by atoms with Gasteiger partial charge in [-0.3, -0.25) is 0 Å². The largest absolute Gasteiger partial charge is 0.145 e. The van der Waals surface area contributed by atoms with Gasteiger partial charge in [0.2, 0.25) is 0 Å². The van der Waals surface area contributed by atoms with Gasteiger partial charge in [-0.15, -0.1) is 4.91 Å². The standard InChI is InChI=1S/C9H17NO/c1-7(10-11)9(5,6)8(2,3)4/h1H2,2-6H3. The summed E-state index contributed by atoms with van der Waals surface area (Å²) in [5, 5.41) is 2.88. The molecule has 0 aliphatic heterocycles. The zero-order chi connectivity index (χ0) is 9.28. The zero-order valence-electron chi connectivity index (χ0n) is 8.06. The molecule has 2 heteroatoms. The molecule has 2 nitrogen and oxygen atoms in total. The Morgan fingerprint density at radius 2 is 1.55 bits per heavy atom. The minimum atomic E-state index is -0.227. The van der Waals surface area contributed by atoms with Crippen LogP contribution in [0.15, 0.2) is 17.5 Å². The Balaban J connectivity index is 4.73. The molecule has 0 amide bonds. The third-order valence-corrected chi connectivity index (χ3v) is 2.71. The van der Waals surface area contributed by atoms with Gasteiger partial charge in [0.05, 0.1) is 5.70 Å². The van der Waals surface area contributed by atoms with Crippen molar-refractivity contribution in [3.8, 4) is 0 Å². The van der Waals surface area contributed by atoms with Gasteiger partial charge in [0.15, 0.2) is 0 Å². The SMILES string of the molecule is C=C(N=O)C(C)(C)C(C)(C)C. The Kier molecular flexibility index (Phi) is 2.60. The van der Waals surface area contributed by atoms with Crippen molar-refractivity contribution in [2.75, 3.05) is 0 Å². The van der Waals surface area contributed by atoms with Crippen molar-refractivity contribution in [2.24, 2.45) is 16.0 Å². The second-order valence-electron chi connectivity index (χ2n) is 4.41. The molecule has 0 aromatic carbocycles. The molecule has 0 aromatic heterocycles. The van der Waals surface area contributed by atoms with Crippen molar-refractivity contribution in [3.05, 3.63) is 17.2 Å². The smallest absolute Gasteiger partial charge is 0.0838 e. The summed E-state index contributed by atoms with van der Waals surface area (Å²) in [5.74, 6) is 0. The Labute approximate surface area is 68.7 Å². The van der Waals surface area contributed by atoms with E-state index in [1.165, 1.54) is 0 Å². The first-order valence-electron chi connectivity index (χ1n) is 3.76. The summed E-state index contributed by atoms with van der Waals surface area (Å²) >= 11 is 0. The van der Waals surface area contributed by atoms with Crippen LogP contribution in [-0.2, 0) is 0 Å². The van der Waals surface area contributed by atoms with E-state index < -0.39 is 0 Å². The topological polar surface area (TPSA) is 29.4 Å². The molecule has 64 valence electrons. The van der Waals surface area contributed by atoms with E-state index in [4.69, 9.17) is 0 Å². The molecule has 0 spiro atoms. The fourth-order valence-corrected chi connectivity index (χ4v) is 0.547. The van der Waals surface area contributed by atoms with Crippen molar-refractivity contribution in [3.63, 3.8) is 0 Å². The highest BCUT2D eigenvalue weighted by molar-refractivity contribution is 5.09. The highest BCUT2D eigenvalue weighted by atomic mass is 16.3. The van der Waals surface area contributed by atoms with Gasteiger partial charge in [0.25, 0.3) is 0 Å². The normalized spacial score (nSPS) is 12.8. The fourth-order valence-electron chi connectivity index (χ4n) is 0.547. The Morgan fingerprint density at radius 1 is 1.18 bits per heavy atom. The van der Waals surface area contributed by atoms with Crippen LogP contribution >= 0.6 is 0 Å². The van der Waals surface area contributed by atoms with E-state index >= 15 is 0 Å². The van der Waals surface area contributed by atoms with E-state index in [0.29, 0.717) is 5.70 Å². The molecule has 0 heterocycles. The molecule has 0 rings (SSSR count). The molecule has 0 radical (unpaired) electrons. The van der Waals surface area contributed by atoms with E-state index in [2.05, 4.69) is 32.5 Å². The van der Waals surface area contributed by atoms with Gasteiger partial charge in [0, 0.05) is 5.41 Å². The summed E-state index contributed by atoms with van der Waals surface area (Å²) in [6.45, 7) is 13.8. The third-order valence-electron chi connectivity index (χ3n) is 2.71. The first-order chi connectivity index (χ1) is 4.73. The summed E-state index contributed by atoms with van der Waals surface area (Å²) in [5.41, 5.74) is 0.220. The van der Waals surface area contributed by atoms with E-state index in [1.54, 1.807) is 0 Å². The number of hydrogen-bond donors (Lipinski definition) is 0. The van der Waals surface area contributed by atoms with Crippen LogP contribution in [0.3, 0.4) is 0 Å². The first-order valence-corrected chi connectivity index (χ1v) is 3.76. The van der Waals surface area contributed by atoms with Gasteiger partial charge >= 0.3 is 0 Å². The molecule has 0 aromatic rings. The van der Waals surface area contributed by atoms with Gasteiger partial charge in [-0.05, 0) is 10.6 Å². The number of nitrogens with zero attached hydrogens (tertiary/aromatic N) is 1. The lowest BCUT2D eigenvalue weighted by Crippen LogP contribution is -2.30. The predicted octanol–water partition coefficient (Wildman–Crippen LogP) is 3.34. The molecule has 0 unspecified atom stereocenters. The molecule has 0 bridgehead atoms. The van der Waals surface area contributed by atoms with Gasteiger partial charge in [-0.25, -0.2) is 0 Å². The summed E-state index contributed by atoms with van der Waals surface area (Å²) < 4.78 is 0. The number of hydrogen-bond acceptors (Lipinski definition) is 2. The average Bonchev–Trinajstić information content (AvgIpc) is 1.83. The first kappa shape index (κ1) is 10.3. The lowest BCUT2D eigenvalue weighted by molar-refractivity contribution is 0.176. The van der Waals surface area contributed by atoms with Crippen LogP contribution < -0.4 is 0 Å². The van der Waals surface area contributed by atoms with Crippen molar-refractivity contribution < 1.29 is 0 Å². The second-order valence-corrected chi connectivity index (χ2v) is 4.41. The van der Waals surface area contributed by atoms with Crippen LogP contribution in [0.1, 0.15) is 34.6 Å². The van der Waals surface area contributed by atoms with Gasteiger partial charge < -0.3 is 0 Å². The predicted molar refractivity (Wildman–Crippen MR) is 48.2 cm³/mol. The molecule has 11 heavy (non-hydrogen) atoms. The number of rotatable bonds is 2.